The predicted octanol–water partition coefficient (Wildman–Crippen LogP) is 1.96. The van der Waals surface area contributed by atoms with Gasteiger partial charge in [-0.1, -0.05) is 6.07 Å². The fraction of sp³-hybridized carbons (Fsp3) is 0.357. The van der Waals surface area contributed by atoms with Crippen LogP contribution in [0.3, 0.4) is 0 Å². The fourth-order valence-electron chi connectivity index (χ4n) is 2.23. The van der Waals surface area contributed by atoms with Crippen LogP contribution in [0.4, 0.5) is 5.69 Å². The van der Waals surface area contributed by atoms with Gasteiger partial charge in [0.05, 0.1) is 0 Å². The summed E-state index contributed by atoms with van der Waals surface area (Å²) in [5.41, 5.74) is 8.75. The van der Waals surface area contributed by atoms with Crippen molar-refractivity contribution in [3.8, 4) is 0 Å². The average molecular weight is 230 g/mol. The zero-order chi connectivity index (χ0) is 12.4. The molecule has 1 aliphatic rings. The molecule has 0 saturated carbocycles. The molecule has 1 aromatic rings. The van der Waals surface area contributed by atoms with Crippen LogP contribution in [0.5, 0.6) is 0 Å². The molecule has 2 rings (SSSR count). The minimum atomic E-state index is -0.409. The van der Waals surface area contributed by atoms with Crippen LogP contribution in [0.1, 0.15) is 24.5 Å². The summed E-state index contributed by atoms with van der Waals surface area (Å²) in [6, 6.07) is 6.87. The second kappa shape index (κ2) is 4.62. The van der Waals surface area contributed by atoms with E-state index in [2.05, 4.69) is 31.0 Å². The zero-order valence-electron chi connectivity index (χ0n) is 10.3. The van der Waals surface area contributed by atoms with Gasteiger partial charge in [0.15, 0.2) is 0 Å². The van der Waals surface area contributed by atoms with E-state index in [0.29, 0.717) is 6.04 Å². The molecule has 1 aliphatic heterocycles. The van der Waals surface area contributed by atoms with Gasteiger partial charge in [0.2, 0.25) is 5.91 Å². The molecule has 1 unspecified atom stereocenters. The molecule has 0 saturated heterocycles. The Labute approximate surface area is 102 Å². The van der Waals surface area contributed by atoms with Crippen molar-refractivity contribution >= 4 is 17.7 Å². The Morgan fingerprint density at radius 1 is 1.53 bits per heavy atom. The molecule has 0 fully saturated rings. The van der Waals surface area contributed by atoms with Crippen LogP contribution in [-0.2, 0) is 11.2 Å². The molecule has 90 valence electrons. The maximum Gasteiger partial charge on any atom is 0.241 e. The van der Waals surface area contributed by atoms with Gasteiger partial charge in [-0.25, -0.2) is 0 Å². The highest BCUT2D eigenvalue weighted by atomic mass is 16.1. The lowest BCUT2D eigenvalue weighted by Crippen LogP contribution is -2.33. The summed E-state index contributed by atoms with van der Waals surface area (Å²) in [5, 5.41) is 0. The molecule has 0 bridgehead atoms. The highest BCUT2D eigenvalue weighted by Crippen LogP contribution is 2.30. The number of nitrogens with two attached hydrogens (primary N) is 1. The summed E-state index contributed by atoms with van der Waals surface area (Å²) in [6.07, 6.45) is 5.43. The van der Waals surface area contributed by atoms with Gasteiger partial charge >= 0.3 is 0 Å². The molecular formula is C14H18N2O. The number of carbonyl (C=O) groups is 1. The minimum absolute atomic E-state index is 0.409. The molecule has 2 N–H and O–H groups in total. The number of carbonyl (C=O) groups excluding carboxylic acids is 1. The number of primary amides is 1. The van der Waals surface area contributed by atoms with Gasteiger partial charge in [-0.05, 0) is 49.1 Å². The molecule has 0 aliphatic carbocycles. The smallest absolute Gasteiger partial charge is 0.241 e. The van der Waals surface area contributed by atoms with Crippen molar-refractivity contribution in [2.75, 3.05) is 11.9 Å². The van der Waals surface area contributed by atoms with Gasteiger partial charge in [0.25, 0.3) is 0 Å². The predicted molar refractivity (Wildman–Crippen MR) is 70.9 cm³/mol. The molecule has 3 heteroatoms. The number of fused-ring (bicyclic) bond motifs is 1. The first-order chi connectivity index (χ1) is 8.08. The zero-order valence-corrected chi connectivity index (χ0v) is 10.3. The van der Waals surface area contributed by atoms with Crippen molar-refractivity contribution in [3.05, 3.63) is 35.4 Å². The molecule has 3 nitrogen and oxygen atoms in total. The van der Waals surface area contributed by atoms with Crippen molar-refractivity contribution in [2.24, 2.45) is 5.73 Å². The van der Waals surface area contributed by atoms with Gasteiger partial charge in [-0.3, -0.25) is 4.79 Å². The number of nitrogens with zero attached hydrogens (tertiary/aromatic N) is 1. The number of amides is 1. The minimum Gasteiger partial charge on any atom is -0.372 e. The topological polar surface area (TPSA) is 46.3 Å². The summed E-state index contributed by atoms with van der Waals surface area (Å²) in [6.45, 7) is 2.24. The Balaban J connectivity index is 2.29. The Kier molecular flexibility index (Phi) is 3.18. The molecule has 0 aromatic heterocycles. The largest absolute Gasteiger partial charge is 0.372 e. The highest BCUT2D eigenvalue weighted by Gasteiger charge is 2.19. The molecule has 1 atom stereocenters. The van der Waals surface area contributed by atoms with Crippen LogP contribution < -0.4 is 10.6 Å². The lowest BCUT2D eigenvalue weighted by molar-refractivity contribution is -0.113. The summed E-state index contributed by atoms with van der Waals surface area (Å²) in [7, 11) is 2.13. The van der Waals surface area contributed by atoms with Crippen LogP contribution >= 0.6 is 0 Å². The van der Waals surface area contributed by atoms with Crippen LogP contribution in [0.2, 0.25) is 0 Å². The first-order valence-corrected chi connectivity index (χ1v) is 5.91. The van der Waals surface area contributed by atoms with Gasteiger partial charge < -0.3 is 10.6 Å². The molecule has 0 radical (unpaired) electrons. The number of anilines is 1. The van der Waals surface area contributed by atoms with Crippen molar-refractivity contribution in [2.45, 2.75) is 25.8 Å². The molecular weight excluding hydrogens is 212 g/mol. The van der Waals surface area contributed by atoms with Crippen molar-refractivity contribution in [1.82, 2.24) is 0 Å². The van der Waals surface area contributed by atoms with Gasteiger partial charge in [-0.15, -0.1) is 0 Å². The van der Waals surface area contributed by atoms with E-state index < -0.39 is 5.91 Å². The van der Waals surface area contributed by atoms with Crippen molar-refractivity contribution < 1.29 is 4.79 Å². The van der Waals surface area contributed by atoms with Crippen molar-refractivity contribution in [1.29, 1.82) is 0 Å². The SMILES string of the molecule is CC1CCc2cc(/C=C\C(N)=O)ccc2N1C. The molecule has 1 aromatic carbocycles. The molecule has 0 spiro atoms. The van der Waals surface area contributed by atoms with Gasteiger partial charge in [0.1, 0.15) is 0 Å². The summed E-state index contributed by atoms with van der Waals surface area (Å²) >= 11 is 0. The molecule has 17 heavy (non-hydrogen) atoms. The number of hydrogen-bond donors (Lipinski definition) is 1. The first-order valence-electron chi connectivity index (χ1n) is 5.91. The van der Waals surface area contributed by atoms with E-state index in [-0.39, 0.29) is 0 Å². The van der Waals surface area contributed by atoms with E-state index in [1.54, 1.807) is 6.08 Å². The van der Waals surface area contributed by atoms with Crippen LogP contribution in [0, 0.1) is 0 Å². The number of hydrogen-bond acceptors (Lipinski definition) is 2. The van der Waals surface area contributed by atoms with E-state index in [0.717, 1.165) is 12.0 Å². The van der Waals surface area contributed by atoms with E-state index >= 15 is 0 Å². The number of benzene rings is 1. The summed E-state index contributed by atoms with van der Waals surface area (Å²) < 4.78 is 0. The van der Waals surface area contributed by atoms with E-state index in [4.69, 9.17) is 5.73 Å². The molecule has 1 amide bonds. The van der Waals surface area contributed by atoms with E-state index in [1.807, 2.05) is 6.07 Å². The monoisotopic (exact) mass is 230 g/mol. The van der Waals surface area contributed by atoms with Crippen LogP contribution in [0.15, 0.2) is 24.3 Å². The lowest BCUT2D eigenvalue weighted by atomic mass is 9.95. The lowest BCUT2D eigenvalue weighted by Gasteiger charge is -2.34. The third kappa shape index (κ3) is 2.49. The van der Waals surface area contributed by atoms with Crippen LogP contribution in [0.25, 0.3) is 6.08 Å². The Morgan fingerprint density at radius 3 is 3.00 bits per heavy atom. The third-order valence-corrected chi connectivity index (χ3v) is 3.42. The number of rotatable bonds is 2. The second-order valence-corrected chi connectivity index (χ2v) is 4.62. The Bertz CT molecular complexity index is 465. The Morgan fingerprint density at radius 2 is 2.29 bits per heavy atom. The Hall–Kier alpha value is -1.77. The third-order valence-electron chi connectivity index (χ3n) is 3.42. The van der Waals surface area contributed by atoms with Crippen LogP contribution in [-0.4, -0.2) is 19.0 Å². The number of aryl methyl sites for hydroxylation is 1. The maximum absolute atomic E-state index is 10.7. The highest BCUT2D eigenvalue weighted by molar-refractivity contribution is 5.90. The quantitative estimate of drug-likeness (QED) is 0.789. The van der Waals surface area contributed by atoms with Crippen molar-refractivity contribution in [3.63, 3.8) is 0 Å². The fourth-order valence-corrected chi connectivity index (χ4v) is 2.23. The average Bonchev–Trinajstić information content (AvgIpc) is 2.31. The second-order valence-electron chi connectivity index (χ2n) is 4.62. The molecule has 1 heterocycles. The van der Waals surface area contributed by atoms with E-state index in [9.17, 15) is 4.79 Å². The normalized spacial score (nSPS) is 19.4. The summed E-state index contributed by atoms with van der Waals surface area (Å²) in [5.74, 6) is -0.409. The van der Waals surface area contributed by atoms with Gasteiger partial charge in [0, 0.05) is 24.9 Å². The van der Waals surface area contributed by atoms with Gasteiger partial charge in [-0.2, -0.15) is 0 Å². The van der Waals surface area contributed by atoms with E-state index in [1.165, 1.54) is 23.7 Å². The first kappa shape index (κ1) is 11.7. The maximum atomic E-state index is 10.7. The standard InChI is InChI=1S/C14H18N2O/c1-10-3-6-12-9-11(5-8-14(15)17)4-7-13(12)16(10)2/h4-5,7-10H,3,6H2,1-2H3,(H2,15,17)/b8-5-. The summed E-state index contributed by atoms with van der Waals surface area (Å²) in [4.78, 5) is 13.0.